The van der Waals surface area contributed by atoms with Crippen molar-refractivity contribution >= 4 is 0 Å². The molecule has 3 heteroatoms. The van der Waals surface area contributed by atoms with Crippen LogP contribution < -0.4 is 5.73 Å². The smallest absolute Gasteiger partial charge is 0.0167 e. The molecule has 0 aromatic carbocycles. The van der Waals surface area contributed by atoms with E-state index in [2.05, 4.69) is 23.8 Å². The van der Waals surface area contributed by atoms with Crippen LogP contribution in [-0.2, 0) is 0 Å². The van der Waals surface area contributed by atoms with E-state index in [0.29, 0.717) is 6.04 Å². The Balaban J connectivity index is 1.81. The Morgan fingerprint density at radius 1 is 1.29 bits per heavy atom. The standard InChI is InChI=1S/C14H29N3/c1-3-5-13(15)11-17-9-7-14-12(10-17)6-4-8-16(14)2/h12-14H,3-11,15H2,1-2H3. The molecule has 2 fully saturated rings. The topological polar surface area (TPSA) is 32.5 Å². The molecule has 3 unspecified atom stereocenters. The van der Waals surface area contributed by atoms with Crippen molar-refractivity contribution in [3.63, 3.8) is 0 Å². The maximum Gasteiger partial charge on any atom is 0.0167 e. The van der Waals surface area contributed by atoms with Crippen LogP contribution in [0, 0.1) is 5.92 Å². The van der Waals surface area contributed by atoms with Crippen LogP contribution in [0.15, 0.2) is 0 Å². The van der Waals surface area contributed by atoms with Gasteiger partial charge in [0.25, 0.3) is 0 Å². The third-order valence-corrected chi connectivity index (χ3v) is 4.58. The van der Waals surface area contributed by atoms with Gasteiger partial charge in [0.2, 0.25) is 0 Å². The molecule has 0 amide bonds. The van der Waals surface area contributed by atoms with E-state index in [1.807, 2.05) is 0 Å². The van der Waals surface area contributed by atoms with E-state index in [9.17, 15) is 0 Å². The van der Waals surface area contributed by atoms with E-state index < -0.39 is 0 Å². The molecule has 2 N–H and O–H groups in total. The second kappa shape index (κ2) is 6.17. The molecule has 0 spiro atoms. The summed E-state index contributed by atoms with van der Waals surface area (Å²) in [6.07, 6.45) is 6.54. The first-order valence-corrected chi connectivity index (χ1v) is 7.39. The SMILES string of the molecule is CCCC(N)CN1CCC2C(CCCN2C)C1. The first-order chi connectivity index (χ1) is 8.20. The lowest BCUT2D eigenvalue weighted by atomic mass is 9.84. The number of hydrogen-bond donors (Lipinski definition) is 1. The second-order valence-electron chi connectivity index (χ2n) is 6.05. The minimum Gasteiger partial charge on any atom is -0.327 e. The molecule has 0 aromatic rings. The van der Waals surface area contributed by atoms with Gasteiger partial charge in [-0.2, -0.15) is 0 Å². The fourth-order valence-corrected chi connectivity index (χ4v) is 3.69. The maximum atomic E-state index is 6.16. The van der Waals surface area contributed by atoms with Gasteiger partial charge in [0.05, 0.1) is 0 Å². The van der Waals surface area contributed by atoms with Crippen molar-refractivity contribution in [2.45, 2.75) is 51.1 Å². The van der Waals surface area contributed by atoms with Crippen LogP contribution in [0.4, 0.5) is 0 Å². The van der Waals surface area contributed by atoms with Crippen molar-refractivity contribution in [3.8, 4) is 0 Å². The summed E-state index contributed by atoms with van der Waals surface area (Å²) in [5.41, 5.74) is 6.16. The number of fused-ring (bicyclic) bond motifs is 1. The van der Waals surface area contributed by atoms with Crippen molar-refractivity contribution < 1.29 is 0 Å². The molecule has 100 valence electrons. The molecule has 0 saturated carbocycles. The third-order valence-electron chi connectivity index (χ3n) is 4.58. The van der Waals surface area contributed by atoms with Gasteiger partial charge in [-0.1, -0.05) is 13.3 Å². The van der Waals surface area contributed by atoms with Crippen molar-refractivity contribution in [3.05, 3.63) is 0 Å². The molecule has 3 atom stereocenters. The van der Waals surface area contributed by atoms with Crippen LogP contribution in [0.5, 0.6) is 0 Å². The number of nitrogens with two attached hydrogens (primary N) is 1. The monoisotopic (exact) mass is 239 g/mol. The first-order valence-electron chi connectivity index (χ1n) is 7.39. The number of rotatable bonds is 4. The Morgan fingerprint density at radius 2 is 2.12 bits per heavy atom. The summed E-state index contributed by atoms with van der Waals surface area (Å²) in [7, 11) is 2.30. The highest BCUT2D eigenvalue weighted by Gasteiger charge is 2.34. The fourth-order valence-electron chi connectivity index (χ4n) is 3.69. The molecule has 2 aliphatic rings. The number of likely N-dealkylation sites (tertiary alicyclic amines) is 2. The third kappa shape index (κ3) is 3.43. The molecule has 0 bridgehead atoms. The Kier molecular flexibility index (Phi) is 4.83. The molecule has 3 nitrogen and oxygen atoms in total. The second-order valence-corrected chi connectivity index (χ2v) is 6.05. The Bertz CT molecular complexity index is 232. The van der Waals surface area contributed by atoms with E-state index in [1.54, 1.807) is 0 Å². The molecule has 0 aliphatic carbocycles. The molecule has 2 rings (SSSR count). The maximum absolute atomic E-state index is 6.16. The summed E-state index contributed by atoms with van der Waals surface area (Å²) in [5, 5.41) is 0. The Morgan fingerprint density at radius 3 is 2.88 bits per heavy atom. The highest BCUT2D eigenvalue weighted by molar-refractivity contribution is 4.89. The van der Waals surface area contributed by atoms with E-state index in [-0.39, 0.29) is 0 Å². The van der Waals surface area contributed by atoms with Crippen LogP contribution in [0.25, 0.3) is 0 Å². The van der Waals surface area contributed by atoms with Crippen LogP contribution >= 0.6 is 0 Å². The lowest BCUT2D eigenvalue weighted by Gasteiger charge is -2.46. The van der Waals surface area contributed by atoms with Crippen LogP contribution in [0.2, 0.25) is 0 Å². The van der Waals surface area contributed by atoms with Gasteiger partial charge in [0, 0.05) is 25.2 Å². The van der Waals surface area contributed by atoms with Crippen molar-refractivity contribution in [2.24, 2.45) is 11.7 Å². The molecule has 17 heavy (non-hydrogen) atoms. The normalized spacial score (nSPS) is 33.4. The predicted molar refractivity (Wildman–Crippen MR) is 73.1 cm³/mol. The van der Waals surface area contributed by atoms with Gasteiger partial charge in [-0.25, -0.2) is 0 Å². The summed E-state index contributed by atoms with van der Waals surface area (Å²) in [5.74, 6) is 0.899. The predicted octanol–water partition coefficient (Wildman–Crippen LogP) is 1.53. The summed E-state index contributed by atoms with van der Waals surface area (Å²) in [6.45, 7) is 7.18. The summed E-state index contributed by atoms with van der Waals surface area (Å²) in [4.78, 5) is 5.19. The van der Waals surface area contributed by atoms with Gasteiger partial charge < -0.3 is 15.5 Å². The zero-order chi connectivity index (χ0) is 12.3. The van der Waals surface area contributed by atoms with Crippen LogP contribution in [-0.4, -0.2) is 55.1 Å². The molecule has 2 saturated heterocycles. The van der Waals surface area contributed by atoms with E-state index >= 15 is 0 Å². The van der Waals surface area contributed by atoms with E-state index in [0.717, 1.165) is 18.5 Å². The molecule has 2 aliphatic heterocycles. The Labute approximate surface area is 106 Å². The quantitative estimate of drug-likeness (QED) is 0.807. The Hall–Kier alpha value is -0.120. The summed E-state index contributed by atoms with van der Waals surface area (Å²) in [6, 6.07) is 1.24. The van der Waals surface area contributed by atoms with Gasteiger partial charge in [0.15, 0.2) is 0 Å². The van der Waals surface area contributed by atoms with Gasteiger partial charge in [-0.15, -0.1) is 0 Å². The molecular formula is C14H29N3. The average Bonchev–Trinajstić information content (AvgIpc) is 2.29. The summed E-state index contributed by atoms with van der Waals surface area (Å²) < 4.78 is 0. The van der Waals surface area contributed by atoms with E-state index in [4.69, 9.17) is 5.73 Å². The van der Waals surface area contributed by atoms with Crippen molar-refractivity contribution in [1.29, 1.82) is 0 Å². The van der Waals surface area contributed by atoms with E-state index in [1.165, 1.54) is 51.7 Å². The number of hydrogen-bond acceptors (Lipinski definition) is 3. The largest absolute Gasteiger partial charge is 0.327 e. The van der Waals surface area contributed by atoms with Gasteiger partial charge in [-0.3, -0.25) is 0 Å². The molecule has 0 radical (unpaired) electrons. The molecule has 2 heterocycles. The highest BCUT2D eigenvalue weighted by Crippen LogP contribution is 2.29. The van der Waals surface area contributed by atoms with Crippen molar-refractivity contribution in [2.75, 3.05) is 33.2 Å². The summed E-state index contributed by atoms with van der Waals surface area (Å²) >= 11 is 0. The van der Waals surface area contributed by atoms with Crippen LogP contribution in [0.1, 0.15) is 39.0 Å². The molecule has 0 aromatic heterocycles. The van der Waals surface area contributed by atoms with Gasteiger partial charge >= 0.3 is 0 Å². The molecular weight excluding hydrogens is 210 g/mol. The minimum absolute atomic E-state index is 0.387. The lowest BCUT2D eigenvalue weighted by molar-refractivity contribution is 0.0361. The number of piperidine rings is 2. The van der Waals surface area contributed by atoms with Gasteiger partial charge in [-0.05, 0) is 51.7 Å². The lowest BCUT2D eigenvalue weighted by Crippen LogP contribution is -2.54. The zero-order valence-corrected chi connectivity index (χ0v) is 11.6. The van der Waals surface area contributed by atoms with Crippen molar-refractivity contribution in [1.82, 2.24) is 9.80 Å². The fraction of sp³-hybridized carbons (Fsp3) is 1.00. The highest BCUT2D eigenvalue weighted by atomic mass is 15.2. The first kappa shape index (κ1) is 13.3. The van der Waals surface area contributed by atoms with Crippen LogP contribution in [0.3, 0.4) is 0 Å². The van der Waals surface area contributed by atoms with Gasteiger partial charge in [0.1, 0.15) is 0 Å². The zero-order valence-electron chi connectivity index (χ0n) is 11.6. The average molecular weight is 239 g/mol. The minimum atomic E-state index is 0.387. The number of nitrogens with zero attached hydrogens (tertiary/aromatic N) is 2.